The lowest BCUT2D eigenvalue weighted by Gasteiger charge is -2.01. The van der Waals surface area contributed by atoms with E-state index in [2.05, 4.69) is 6.92 Å². The minimum atomic E-state index is -1.25. The quantitative estimate of drug-likeness (QED) is 0.387. The molecule has 0 aliphatic carbocycles. The molecule has 2 N–H and O–H groups in total. The van der Waals surface area contributed by atoms with E-state index in [4.69, 9.17) is 10.2 Å². The number of carboxylic acid groups (broad SMARTS) is 1. The first-order valence-electron chi connectivity index (χ1n) is 7.74. The lowest BCUT2D eigenvalue weighted by Crippen LogP contribution is -2.17. The Hall–Kier alpha value is -0.830. The molecular formula is C16H30O3. The molecule has 112 valence electrons. The molecular weight excluding hydrogens is 240 g/mol. The molecule has 3 nitrogen and oxygen atoms in total. The summed E-state index contributed by atoms with van der Waals surface area (Å²) in [5.41, 5.74) is 0. The van der Waals surface area contributed by atoms with E-state index in [0.717, 1.165) is 12.8 Å². The lowest BCUT2D eigenvalue weighted by molar-refractivity contribution is -0.146. The first-order valence-corrected chi connectivity index (χ1v) is 7.74. The standard InChI is InChI=1S/C16H30O3/c1-2-3-4-5-6-7-8-9-10-11-12-13-14-15(17)16(18)19/h12-13,15,17H,2-11,14H2,1H3,(H,18,19). The zero-order valence-electron chi connectivity index (χ0n) is 12.3. The number of aliphatic hydroxyl groups excluding tert-OH is 1. The Kier molecular flexibility index (Phi) is 13.0. The van der Waals surface area contributed by atoms with Crippen LogP contribution in [0, 0.1) is 0 Å². The van der Waals surface area contributed by atoms with Crippen molar-refractivity contribution in [1.82, 2.24) is 0 Å². The summed E-state index contributed by atoms with van der Waals surface area (Å²) in [5.74, 6) is -1.15. The largest absolute Gasteiger partial charge is 0.479 e. The number of allylic oxidation sites excluding steroid dienone is 1. The maximum atomic E-state index is 10.3. The van der Waals surface area contributed by atoms with Crippen molar-refractivity contribution in [3.63, 3.8) is 0 Å². The van der Waals surface area contributed by atoms with Gasteiger partial charge in [0.1, 0.15) is 0 Å². The number of hydrogen-bond donors (Lipinski definition) is 2. The van der Waals surface area contributed by atoms with Gasteiger partial charge in [0.15, 0.2) is 6.10 Å². The van der Waals surface area contributed by atoms with Gasteiger partial charge in [0.2, 0.25) is 0 Å². The van der Waals surface area contributed by atoms with Crippen LogP contribution in [-0.4, -0.2) is 22.3 Å². The Morgan fingerprint density at radius 1 is 0.947 bits per heavy atom. The van der Waals surface area contributed by atoms with E-state index in [9.17, 15) is 4.79 Å². The maximum Gasteiger partial charge on any atom is 0.332 e. The second-order valence-corrected chi connectivity index (χ2v) is 5.18. The third-order valence-electron chi connectivity index (χ3n) is 3.29. The van der Waals surface area contributed by atoms with Crippen molar-refractivity contribution in [2.45, 2.75) is 83.7 Å². The first-order chi connectivity index (χ1) is 9.18. The first kappa shape index (κ1) is 18.2. The summed E-state index contributed by atoms with van der Waals surface area (Å²) in [7, 11) is 0. The molecule has 0 bridgehead atoms. The molecule has 0 aliphatic heterocycles. The van der Waals surface area contributed by atoms with Crippen LogP contribution < -0.4 is 0 Å². The Balaban J connectivity index is 3.18. The lowest BCUT2D eigenvalue weighted by atomic mass is 10.1. The molecule has 0 aromatic heterocycles. The highest BCUT2D eigenvalue weighted by Crippen LogP contribution is 2.10. The predicted octanol–water partition coefficient (Wildman–Crippen LogP) is 4.30. The molecule has 0 spiro atoms. The highest BCUT2D eigenvalue weighted by Gasteiger charge is 2.09. The van der Waals surface area contributed by atoms with Crippen LogP contribution in [0.4, 0.5) is 0 Å². The molecule has 0 fully saturated rings. The van der Waals surface area contributed by atoms with Gasteiger partial charge in [0.25, 0.3) is 0 Å². The molecule has 3 heteroatoms. The molecule has 0 saturated carbocycles. The summed E-state index contributed by atoms with van der Waals surface area (Å²) in [5, 5.41) is 17.5. The van der Waals surface area contributed by atoms with Crippen LogP contribution in [0.2, 0.25) is 0 Å². The molecule has 1 unspecified atom stereocenters. The van der Waals surface area contributed by atoms with Crippen LogP contribution in [0.15, 0.2) is 12.2 Å². The van der Waals surface area contributed by atoms with Gasteiger partial charge in [0, 0.05) is 6.42 Å². The average molecular weight is 270 g/mol. The normalized spacial score (nSPS) is 12.9. The Morgan fingerprint density at radius 2 is 1.47 bits per heavy atom. The number of carbonyl (C=O) groups is 1. The van der Waals surface area contributed by atoms with Crippen LogP contribution in [0.5, 0.6) is 0 Å². The summed E-state index contributed by atoms with van der Waals surface area (Å²) in [4.78, 5) is 10.3. The zero-order chi connectivity index (χ0) is 14.3. The molecule has 1 atom stereocenters. The number of unbranched alkanes of at least 4 members (excludes halogenated alkanes) is 9. The number of aliphatic carboxylic acids is 1. The molecule has 0 rings (SSSR count). The SMILES string of the molecule is CCCCCCCCCCCC=CCC(O)C(=O)O. The van der Waals surface area contributed by atoms with Gasteiger partial charge in [-0.25, -0.2) is 4.79 Å². The molecule has 0 amide bonds. The monoisotopic (exact) mass is 270 g/mol. The van der Waals surface area contributed by atoms with E-state index < -0.39 is 12.1 Å². The third-order valence-corrected chi connectivity index (χ3v) is 3.29. The predicted molar refractivity (Wildman–Crippen MR) is 79.2 cm³/mol. The highest BCUT2D eigenvalue weighted by molar-refractivity contribution is 5.72. The van der Waals surface area contributed by atoms with Crippen LogP contribution >= 0.6 is 0 Å². The summed E-state index contributed by atoms with van der Waals surface area (Å²) in [6.07, 6.45) is 15.5. The Labute approximate surface area is 117 Å². The number of aliphatic hydroxyl groups is 1. The number of hydrogen-bond acceptors (Lipinski definition) is 2. The molecule has 19 heavy (non-hydrogen) atoms. The third kappa shape index (κ3) is 13.4. The van der Waals surface area contributed by atoms with Crippen molar-refractivity contribution in [1.29, 1.82) is 0 Å². The van der Waals surface area contributed by atoms with Crippen molar-refractivity contribution in [3.05, 3.63) is 12.2 Å². The van der Waals surface area contributed by atoms with E-state index >= 15 is 0 Å². The van der Waals surface area contributed by atoms with E-state index in [1.165, 1.54) is 51.4 Å². The van der Waals surface area contributed by atoms with Crippen molar-refractivity contribution in [2.24, 2.45) is 0 Å². The fraction of sp³-hybridized carbons (Fsp3) is 0.812. The zero-order valence-corrected chi connectivity index (χ0v) is 12.3. The Bertz CT molecular complexity index is 236. The molecule has 0 aromatic carbocycles. The van der Waals surface area contributed by atoms with Gasteiger partial charge in [-0.15, -0.1) is 0 Å². The van der Waals surface area contributed by atoms with Gasteiger partial charge in [-0.3, -0.25) is 0 Å². The van der Waals surface area contributed by atoms with Crippen molar-refractivity contribution >= 4 is 5.97 Å². The minimum absolute atomic E-state index is 0.215. The summed E-state index contributed by atoms with van der Waals surface area (Å²) in [6, 6.07) is 0. The van der Waals surface area contributed by atoms with Crippen LogP contribution in [0.1, 0.15) is 77.6 Å². The van der Waals surface area contributed by atoms with Gasteiger partial charge in [-0.05, 0) is 12.8 Å². The second kappa shape index (κ2) is 13.6. The molecule has 0 saturated heterocycles. The van der Waals surface area contributed by atoms with E-state index in [1.807, 2.05) is 6.08 Å². The van der Waals surface area contributed by atoms with Gasteiger partial charge in [0.05, 0.1) is 0 Å². The van der Waals surface area contributed by atoms with Crippen molar-refractivity contribution < 1.29 is 15.0 Å². The summed E-state index contributed by atoms with van der Waals surface area (Å²) < 4.78 is 0. The number of carboxylic acids is 1. The topological polar surface area (TPSA) is 57.5 Å². The van der Waals surface area contributed by atoms with Gasteiger partial charge >= 0.3 is 5.97 Å². The van der Waals surface area contributed by atoms with E-state index in [1.54, 1.807) is 6.08 Å². The minimum Gasteiger partial charge on any atom is -0.479 e. The molecule has 0 heterocycles. The molecule has 0 aromatic rings. The van der Waals surface area contributed by atoms with E-state index in [-0.39, 0.29) is 6.42 Å². The fourth-order valence-corrected chi connectivity index (χ4v) is 2.02. The van der Waals surface area contributed by atoms with Gasteiger partial charge in [-0.1, -0.05) is 70.4 Å². The molecule has 0 aliphatic rings. The van der Waals surface area contributed by atoms with Crippen LogP contribution in [-0.2, 0) is 4.79 Å². The average Bonchev–Trinajstić information content (AvgIpc) is 2.39. The summed E-state index contributed by atoms with van der Waals surface area (Å²) in [6.45, 7) is 2.24. The van der Waals surface area contributed by atoms with Crippen molar-refractivity contribution in [2.75, 3.05) is 0 Å². The highest BCUT2D eigenvalue weighted by atomic mass is 16.4. The van der Waals surface area contributed by atoms with Gasteiger partial charge < -0.3 is 10.2 Å². The second-order valence-electron chi connectivity index (χ2n) is 5.18. The summed E-state index contributed by atoms with van der Waals surface area (Å²) >= 11 is 0. The number of rotatable bonds is 13. The van der Waals surface area contributed by atoms with Crippen LogP contribution in [0.25, 0.3) is 0 Å². The molecule has 0 radical (unpaired) electrons. The van der Waals surface area contributed by atoms with Gasteiger partial charge in [-0.2, -0.15) is 0 Å². The van der Waals surface area contributed by atoms with Crippen molar-refractivity contribution in [3.8, 4) is 0 Å². The van der Waals surface area contributed by atoms with Crippen LogP contribution in [0.3, 0.4) is 0 Å². The van der Waals surface area contributed by atoms with E-state index in [0.29, 0.717) is 0 Å². The maximum absolute atomic E-state index is 10.3. The Morgan fingerprint density at radius 3 is 2.00 bits per heavy atom. The smallest absolute Gasteiger partial charge is 0.332 e. The fourth-order valence-electron chi connectivity index (χ4n) is 2.02.